The average molecular weight is 293 g/mol. The van der Waals surface area contributed by atoms with Crippen LogP contribution in [-0.2, 0) is 25.5 Å². The standard InChI is InChI=1S/C14H19N3O4/c1-21-14(20)11(7-10-5-3-2-4-6-10)17-13(19)9-16-12(18)8-15/h2-6,11H,7-9,15H2,1H3,(H,16,18)(H,17,19). The highest BCUT2D eigenvalue weighted by Crippen LogP contribution is 2.04. The number of nitrogens with two attached hydrogens (primary N) is 1. The molecule has 1 aromatic rings. The zero-order valence-electron chi connectivity index (χ0n) is 11.8. The van der Waals surface area contributed by atoms with Crippen molar-refractivity contribution in [3.63, 3.8) is 0 Å². The Morgan fingerprint density at radius 3 is 2.43 bits per heavy atom. The van der Waals surface area contributed by atoms with Crippen molar-refractivity contribution in [3.8, 4) is 0 Å². The Morgan fingerprint density at radius 2 is 1.86 bits per heavy atom. The van der Waals surface area contributed by atoms with Crippen LogP contribution < -0.4 is 16.4 Å². The number of carbonyl (C=O) groups excluding carboxylic acids is 3. The number of rotatable bonds is 7. The van der Waals surface area contributed by atoms with E-state index in [0.717, 1.165) is 5.56 Å². The Balaban J connectivity index is 2.60. The van der Waals surface area contributed by atoms with Crippen molar-refractivity contribution in [3.05, 3.63) is 35.9 Å². The van der Waals surface area contributed by atoms with Crippen LogP contribution >= 0.6 is 0 Å². The predicted octanol–water partition coefficient (Wildman–Crippen LogP) is -1.04. The van der Waals surface area contributed by atoms with Gasteiger partial charge in [-0.2, -0.15) is 0 Å². The molecule has 0 saturated heterocycles. The number of nitrogens with one attached hydrogen (secondary N) is 2. The van der Waals surface area contributed by atoms with Crippen LogP contribution in [0.25, 0.3) is 0 Å². The fourth-order valence-corrected chi connectivity index (χ4v) is 1.68. The minimum absolute atomic E-state index is 0.197. The first-order valence-electron chi connectivity index (χ1n) is 6.44. The molecule has 1 unspecified atom stereocenters. The molecule has 0 aliphatic carbocycles. The van der Waals surface area contributed by atoms with E-state index in [-0.39, 0.29) is 13.1 Å². The van der Waals surface area contributed by atoms with E-state index in [2.05, 4.69) is 15.4 Å². The summed E-state index contributed by atoms with van der Waals surface area (Å²) in [4.78, 5) is 34.4. The zero-order valence-corrected chi connectivity index (χ0v) is 11.8. The number of hydrogen-bond acceptors (Lipinski definition) is 5. The average Bonchev–Trinajstić information content (AvgIpc) is 2.52. The molecule has 114 valence electrons. The van der Waals surface area contributed by atoms with E-state index >= 15 is 0 Å². The molecule has 1 rings (SSSR count). The van der Waals surface area contributed by atoms with E-state index in [4.69, 9.17) is 5.73 Å². The molecule has 21 heavy (non-hydrogen) atoms. The normalized spacial score (nSPS) is 11.3. The van der Waals surface area contributed by atoms with Crippen LogP contribution in [0.15, 0.2) is 30.3 Å². The summed E-state index contributed by atoms with van der Waals surface area (Å²) in [5.41, 5.74) is 6.00. The van der Waals surface area contributed by atoms with Gasteiger partial charge in [-0.25, -0.2) is 4.79 Å². The summed E-state index contributed by atoms with van der Waals surface area (Å²) in [6.45, 7) is -0.434. The lowest BCUT2D eigenvalue weighted by atomic mass is 10.1. The SMILES string of the molecule is COC(=O)C(Cc1ccccc1)NC(=O)CNC(=O)CN. The molecule has 0 saturated carbocycles. The minimum Gasteiger partial charge on any atom is -0.467 e. The van der Waals surface area contributed by atoms with Gasteiger partial charge < -0.3 is 21.1 Å². The summed E-state index contributed by atoms with van der Waals surface area (Å²) in [5.74, 6) is -1.47. The third-order valence-corrected chi connectivity index (χ3v) is 2.74. The molecule has 0 spiro atoms. The monoisotopic (exact) mass is 293 g/mol. The predicted molar refractivity (Wildman–Crippen MR) is 76.2 cm³/mol. The van der Waals surface area contributed by atoms with Gasteiger partial charge in [0.05, 0.1) is 20.2 Å². The molecule has 0 aliphatic heterocycles. The van der Waals surface area contributed by atoms with E-state index in [0.29, 0.717) is 6.42 Å². The highest BCUT2D eigenvalue weighted by molar-refractivity contribution is 5.88. The Labute approximate surface area is 122 Å². The van der Waals surface area contributed by atoms with Crippen molar-refractivity contribution in [1.29, 1.82) is 0 Å². The van der Waals surface area contributed by atoms with Crippen molar-refractivity contribution in [2.75, 3.05) is 20.2 Å². The lowest BCUT2D eigenvalue weighted by Crippen LogP contribution is -2.47. The van der Waals surface area contributed by atoms with E-state index in [1.54, 1.807) is 0 Å². The maximum absolute atomic E-state index is 11.7. The van der Waals surface area contributed by atoms with E-state index < -0.39 is 23.8 Å². The van der Waals surface area contributed by atoms with Crippen LogP contribution in [0.1, 0.15) is 5.56 Å². The third kappa shape index (κ3) is 6.05. The zero-order chi connectivity index (χ0) is 15.7. The lowest BCUT2D eigenvalue weighted by molar-refractivity contribution is -0.145. The summed E-state index contributed by atoms with van der Waals surface area (Å²) in [6, 6.07) is 8.42. The first-order chi connectivity index (χ1) is 10.1. The van der Waals surface area contributed by atoms with Crippen LogP contribution in [0, 0.1) is 0 Å². The summed E-state index contributed by atoms with van der Waals surface area (Å²) >= 11 is 0. The number of esters is 1. The van der Waals surface area contributed by atoms with Crippen molar-refractivity contribution in [2.45, 2.75) is 12.5 Å². The molecular formula is C14H19N3O4. The minimum atomic E-state index is -0.806. The first kappa shape index (κ1) is 16.6. The van der Waals surface area contributed by atoms with Crippen molar-refractivity contribution >= 4 is 17.8 Å². The number of carbonyl (C=O) groups is 3. The largest absolute Gasteiger partial charge is 0.467 e. The van der Waals surface area contributed by atoms with Gasteiger partial charge in [0, 0.05) is 6.42 Å². The molecule has 7 nitrogen and oxygen atoms in total. The molecule has 0 bridgehead atoms. The van der Waals surface area contributed by atoms with Crippen LogP contribution in [0.2, 0.25) is 0 Å². The fraction of sp³-hybridized carbons (Fsp3) is 0.357. The summed E-state index contributed by atoms with van der Waals surface area (Å²) in [6.07, 6.45) is 0.310. The fourth-order valence-electron chi connectivity index (χ4n) is 1.68. The van der Waals surface area contributed by atoms with Gasteiger partial charge in [0.25, 0.3) is 0 Å². The first-order valence-corrected chi connectivity index (χ1v) is 6.44. The number of amides is 2. The summed E-state index contributed by atoms with van der Waals surface area (Å²) in [7, 11) is 1.25. The van der Waals surface area contributed by atoms with Gasteiger partial charge >= 0.3 is 5.97 Å². The highest BCUT2D eigenvalue weighted by atomic mass is 16.5. The van der Waals surface area contributed by atoms with Crippen LogP contribution in [-0.4, -0.2) is 44.0 Å². The molecule has 1 aromatic carbocycles. The number of hydrogen-bond donors (Lipinski definition) is 3. The highest BCUT2D eigenvalue weighted by Gasteiger charge is 2.21. The van der Waals surface area contributed by atoms with Gasteiger partial charge in [0.1, 0.15) is 6.04 Å². The van der Waals surface area contributed by atoms with Crippen LogP contribution in [0.5, 0.6) is 0 Å². The second kappa shape index (κ2) is 8.70. The molecule has 0 aromatic heterocycles. The molecule has 7 heteroatoms. The molecule has 2 amide bonds. The Bertz CT molecular complexity index is 490. The summed E-state index contributed by atoms with van der Waals surface area (Å²) < 4.78 is 4.67. The van der Waals surface area contributed by atoms with Gasteiger partial charge in [0.15, 0.2) is 0 Å². The van der Waals surface area contributed by atoms with E-state index in [9.17, 15) is 14.4 Å². The Hall–Kier alpha value is -2.41. The van der Waals surface area contributed by atoms with E-state index in [1.807, 2.05) is 30.3 Å². The molecule has 0 aliphatic rings. The maximum Gasteiger partial charge on any atom is 0.328 e. The molecule has 0 radical (unpaired) electrons. The quantitative estimate of drug-likeness (QED) is 0.556. The van der Waals surface area contributed by atoms with Gasteiger partial charge in [-0.15, -0.1) is 0 Å². The van der Waals surface area contributed by atoms with Crippen molar-refractivity contribution in [2.24, 2.45) is 5.73 Å². The van der Waals surface area contributed by atoms with Gasteiger partial charge in [-0.1, -0.05) is 30.3 Å². The smallest absolute Gasteiger partial charge is 0.328 e. The van der Waals surface area contributed by atoms with Gasteiger partial charge in [0.2, 0.25) is 11.8 Å². The molecule has 1 atom stereocenters. The number of methoxy groups -OCH3 is 1. The van der Waals surface area contributed by atoms with Crippen molar-refractivity contribution < 1.29 is 19.1 Å². The van der Waals surface area contributed by atoms with Gasteiger partial charge in [-0.3, -0.25) is 9.59 Å². The Kier molecular flexibility index (Phi) is 6.90. The molecule has 4 N–H and O–H groups in total. The maximum atomic E-state index is 11.7. The number of ether oxygens (including phenoxy) is 1. The van der Waals surface area contributed by atoms with Crippen molar-refractivity contribution in [1.82, 2.24) is 10.6 Å². The van der Waals surface area contributed by atoms with Crippen LogP contribution in [0.4, 0.5) is 0 Å². The Morgan fingerprint density at radius 1 is 1.19 bits per heavy atom. The third-order valence-electron chi connectivity index (χ3n) is 2.74. The molecule has 0 heterocycles. The van der Waals surface area contributed by atoms with Gasteiger partial charge in [-0.05, 0) is 5.56 Å². The second-order valence-corrected chi connectivity index (χ2v) is 4.31. The topological polar surface area (TPSA) is 111 Å². The molecular weight excluding hydrogens is 274 g/mol. The number of benzene rings is 1. The van der Waals surface area contributed by atoms with Crippen LogP contribution in [0.3, 0.4) is 0 Å². The lowest BCUT2D eigenvalue weighted by Gasteiger charge is -2.16. The second-order valence-electron chi connectivity index (χ2n) is 4.31. The van der Waals surface area contributed by atoms with E-state index in [1.165, 1.54) is 7.11 Å². The summed E-state index contributed by atoms with van der Waals surface area (Å²) in [5, 5.41) is 4.86. The molecule has 0 fully saturated rings.